The Bertz CT molecular complexity index is 640. The van der Waals surface area contributed by atoms with E-state index in [1.807, 2.05) is 42.5 Å². The summed E-state index contributed by atoms with van der Waals surface area (Å²) in [6.45, 7) is 0.334. The fourth-order valence-corrected chi connectivity index (χ4v) is 2.30. The molecule has 3 N–H and O–H groups in total. The van der Waals surface area contributed by atoms with E-state index in [1.54, 1.807) is 0 Å². The van der Waals surface area contributed by atoms with Crippen molar-refractivity contribution in [2.24, 2.45) is 10.8 Å². The molecule has 2 aromatic rings. The summed E-state index contributed by atoms with van der Waals surface area (Å²) in [6, 6.07) is 13.6. The first-order chi connectivity index (χ1) is 10.7. The first-order valence-electron chi connectivity index (χ1n) is 6.57. The number of rotatable bonds is 5. The van der Waals surface area contributed by atoms with Gasteiger partial charge in [-0.05, 0) is 12.1 Å². The van der Waals surface area contributed by atoms with Crippen molar-refractivity contribution in [2.75, 3.05) is 12.9 Å². The zero-order valence-electron chi connectivity index (χ0n) is 12.1. The Morgan fingerprint density at radius 3 is 2.77 bits per heavy atom. The summed E-state index contributed by atoms with van der Waals surface area (Å²) in [5, 5.41) is 0.447. The summed E-state index contributed by atoms with van der Waals surface area (Å²) < 4.78 is 10.3. The lowest BCUT2D eigenvalue weighted by Crippen LogP contribution is -2.28. The van der Waals surface area contributed by atoms with Crippen LogP contribution in [0.1, 0.15) is 5.76 Å². The second-order valence-corrected chi connectivity index (χ2v) is 5.23. The van der Waals surface area contributed by atoms with E-state index >= 15 is 0 Å². The van der Waals surface area contributed by atoms with Crippen LogP contribution in [0.2, 0.25) is 0 Å². The number of nitrogens with two attached hydrogens (primary N) is 1. The van der Waals surface area contributed by atoms with Crippen LogP contribution in [0.25, 0.3) is 11.3 Å². The van der Waals surface area contributed by atoms with E-state index in [1.165, 1.54) is 18.9 Å². The molecule has 0 aliphatic rings. The minimum Gasteiger partial charge on any atom is -0.468 e. The number of methoxy groups -OCH3 is 1. The van der Waals surface area contributed by atoms with Gasteiger partial charge in [0, 0.05) is 5.56 Å². The fourth-order valence-electron chi connectivity index (χ4n) is 1.69. The molecule has 116 valence electrons. The average Bonchev–Trinajstić information content (AvgIpc) is 3.04. The first-order valence-corrected chi connectivity index (χ1v) is 7.56. The van der Waals surface area contributed by atoms with Crippen LogP contribution >= 0.6 is 11.8 Å². The Kier molecular flexibility index (Phi) is 6.05. The first kappa shape index (κ1) is 16.1. The molecule has 1 aromatic carbocycles. The molecule has 0 amide bonds. The minimum atomic E-state index is -0.336. The smallest absolute Gasteiger partial charge is 0.316 e. The molecule has 0 unspecified atom stereocenters. The van der Waals surface area contributed by atoms with E-state index in [4.69, 9.17) is 10.3 Å². The number of amidine groups is 1. The molecule has 22 heavy (non-hydrogen) atoms. The summed E-state index contributed by atoms with van der Waals surface area (Å²) in [5.41, 5.74) is 3.46. The highest BCUT2D eigenvalue weighted by Crippen LogP contribution is 2.22. The Morgan fingerprint density at radius 1 is 1.32 bits per heavy atom. The van der Waals surface area contributed by atoms with Crippen LogP contribution in [-0.4, -0.2) is 24.0 Å². The molecular weight excluding hydrogens is 302 g/mol. The number of nitrogens with zero attached hydrogens (tertiary/aromatic N) is 1. The molecule has 0 saturated heterocycles. The number of esters is 1. The Morgan fingerprint density at radius 2 is 2.09 bits per heavy atom. The van der Waals surface area contributed by atoms with Crippen molar-refractivity contribution in [2.45, 2.75) is 6.54 Å². The number of hydrogen-bond acceptors (Lipinski definition) is 6. The Balaban J connectivity index is 1.97. The number of furan rings is 1. The number of carbonyl (C=O) groups is 1. The van der Waals surface area contributed by atoms with E-state index in [-0.39, 0.29) is 11.7 Å². The molecule has 1 heterocycles. The van der Waals surface area contributed by atoms with Gasteiger partial charge in [0.25, 0.3) is 0 Å². The molecule has 0 fully saturated rings. The third kappa shape index (κ3) is 4.64. The molecule has 0 saturated carbocycles. The second-order valence-electron chi connectivity index (χ2n) is 4.26. The van der Waals surface area contributed by atoms with E-state index in [0.717, 1.165) is 11.3 Å². The number of ether oxygens (including phenoxy) is 1. The molecule has 0 aliphatic carbocycles. The van der Waals surface area contributed by atoms with Gasteiger partial charge in [0.1, 0.15) is 11.5 Å². The normalized spacial score (nSPS) is 11.3. The summed E-state index contributed by atoms with van der Waals surface area (Å²) in [6.07, 6.45) is 0. The van der Waals surface area contributed by atoms with Crippen LogP contribution in [0.3, 0.4) is 0 Å². The van der Waals surface area contributed by atoms with E-state index < -0.39 is 0 Å². The third-order valence-corrected chi connectivity index (χ3v) is 3.68. The standard InChI is InChI=1S/C15H17N3O3S/c1-20-14(19)10-22-15(18-16)17-9-12-7-8-13(21-12)11-5-3-2-4-6-11/h2-8H,9-10,16H2,1H3,(H,17,18). The largest absolute Gasteiger partial charge is 0.468 e. The number of thioether (sulfide) groups is 1. The number of nitrogens with one attached hydrogen (secondary N) is 1. The molecule has 0 aliphatic heterocycles. The summed E-state index contributed by atoms with van der Waals surface area (Å²) in [4.78, 5) is 15.3. The molecule has 0 atom stereocenters. The minimum absolute atomic E-state index is 0.146. The fraction of sp³-hybridized carbons (Fsp3) is 0.200. The molecule has 0 spiro atoms. The van der Waals surface area contributed by atoms with Gasteiger partial charge in [-0.15, -0.1) is 0 Å². The highest BCUT2D eigenvalue weighted by atomic mass is 32.2. The third-order valence-electron chi connectivity index (χ3n) is 2.78. The van der Waals surface area contributed by atoms with Gasteiger partial charge in [-0.2, -0.15) is 0 Å². The van der Waals surface area contributed by atoms with Crippen LogP contribution in [-0.2, 0) is 16.1 Å². The molecule has 0 radical (unpaired) electrons. The second kappa shape index (κ2) is 8.26. The molecular formula is C15H17N3O3S. The van der Waals surface area contributed by atoms with Gasteiger partial charge in [-0.3, -0.25) is 9.79 Å². The van der Waals surface area contributed by atoms with Gasteiger partial charge in [0.05, 0.1) is 19.4 Å². The summed E-state index contributed by atoms with van der Waals surface area (Å²) >= 11 is 1.17. The maximum atomic E-state index is 11.1. The van der Waals surface area contributed by atoms with Crippen LogP contribution in [0.15, 0.2) is 51.9 Å². The van der Waals surface area contributed by atoms with Crippen LogP contribution in [0.5, 0.6) is 0 Å². The molecule has 2 rings (SSSR count). The number of hydrazine groups is 1. The van der Waals surface area contributed by atoms with Crippen molar-refractivity contribution in [3.05, 3.63) is 48.2 Å². The zero-order chi connectivity index (χ0) is 15.8. The lowest BCUT2D eigenvalue weighted by atomic mass is 10.2. The average molecular weight is 319 g/mol. The lowest BCUT2D eigenvalue weighted by Gasteiger charge is -2.03. The van der Waals surface area contributed by atoms with Gasteiger partial charge < -0.3 is 14.6 Å². The quantitative estimate of drug-likeness (QED) is 0.289. The Labute approximate surface area is 132 Å². The lowest BCUT2D eigenvalue weighted by molar-refractivity contribution is -0.137. The van der Waals surface area contributed by atoms with Crippen molar-refractivity contribution in [3.63, 3.8) is 0 Å². The highest BCUT2D eigenvalue weighted by molar-refractivity contribution is 8.14. The number of hydrogen-bond donors (Lipinski definition) is 2. The van der Waals surface area contributed by atoms with Gasteiger partial charge >= 0.3 is 5.97 Å². The van der Waals surface area contributed by atoms with Crippen molar-refractivity contribution in [1.29, 1.82) is 0 Å². The predicted molar refractivity (Wildman–Crippen MR) is 87.1 cm³/mol. The van der Waals surface area contributed by atoms with Crippen molar-refractivity contribution in [1.82, 2.24) is 5.43 Å². The SMILES string of the molecule is COC(=O)CSC(=NCc1ccc(-c2ccccc2)o1)NN. The molecule has 7 heteroatoms. The van der Waals surface area contributed by atoms with Gasteiger partial charge in [0.15, 0.2) is 5.17 Å². The number of aliphatic imine (C=N–C) groups is 1. The van der Waals surface area contributed by atoms with Gasteiger partial charge in [-0.1, -0.05) is 42.1 Å². The van der Waals surface area contributed by atoms with Crippen LogP contribution < -0.4 is 11.3 Å². The van der Waals surface area contributed by atoms with Crippen molar-refractivity contribution >= 4 is 22.9 Å². The molecule has 1 aromatic heterocycles. The van der Waals surface area contributed by atoms with Crippen molar-refractivity contribution < 1.29 is 13.9 Å². The zero-order valence-corrected chi connectivity index (χ0v) is 12.9. The van der Waals surface area contributed by atoms with Gasteiger partial charge in [-0.25, -0.2) is 5.84 Å². The highest BCUT2D eigenvalue weighted by Gasteiger charge is 2.07. The van der Waals surface area contributed by atoms with Crippen molar-refractivity contribution in [3.8, 4) is 11.3 Å². The topological polar surface area (TPSA) is 89.8 Å². The maximum absolute atomic E-state index is 11.1. The van der Waals surface area contributed by atoms with Crippen LogP contribution in [0.4, 0.5) is 0 Å². The number of benzene rings is 1. The van der Waals surface area contributed by atoms with Crippen LogP contribution in [0, 0.1) is 0 Å². The van der Waals surface area contributed by atoms with E-state index in [9.17, 15) is 4.79 Å². The van der Waals surface area contributed by atoms with E-state index in [0.29, 0.717) is 17.5 Å². The Hall–Kier alpha value is -2.25. The predicted octanol–water partition coefficient (Wildman–Crippen LogP) is 2.17. The summed E-state index contributed by atoms with van der Waals surface area (Å²) in [5.74, 6) is 6.69. The molecule has 6 nitrogen and oxygen atoms in total. The monoisotopic (exact) mass is 319 g/mol. The van der Waals surface area contributed by atoms with Gasteiger partial charge in [0.2, 0.25) is 0 Å². The molecule has 0 bridgehead atoms. The number of carbonyl (C=O) groups excluding carboxylic acids is 1. The van der Waals surface area contributed by atoms with E-state index in [2.05, 4.69) is 15.2 Å². The summed E-state index contributed by atoms with van der Waals surface area (Å²) in [7, 11) is 1.34. The maximum Gasteiger partial charge on any atom is 0.316 e.